The lowest BCUT2D eigenvalue weighted by atomic mass is 9.91. The van der Waals surface area contributed by atoms with Crippen molar-refractivity contribution in [3.05, 3.63) is 48.0 Å². The Balaban J connectivity index is 1.97. The zero-order valence-corrected chi connectivity index (χ0v) is 16.5. The number of carbonyl (C=O) groups is 3. The first kappa shape index (κ1) is 22.0. The van der Waals surface area contributed by atoms with Crippen LogP contribution in [0.25, 0.3) is 0 Å². The minimum Gasteiger partial charge on any atom is -0.481 e. The lowest BCUT2D eigenvalue weighted by molar-refractivity contribution is -0.138. The zero-order valence-electron chi connectivity index (χ0n) is 16.5. The van der Waals surface area contributed by atoms with Crippen molar-refractivity contribution in [3.63, 3.8) is 0 Å². The molecule has 2 rings (SSSR count). The largest absolute Gasteiger partial charge is 0.481 e. The van der Waals surface area contributed by atoms with Gasteiger partial charge in [0.2, 0.25) is 0 Å². The van der Waals surface area contributed by atoms with Crippen LogP contribution < -0.4 is 0 Å². The van der Waals surface area contributed by atoms with Gasteiger partial charge in [-0.3, -0.25) is 14.4 Å². The molecule has 1 aliphatic rings. The lowest BCUT2D eigenvalue weighted by Gasteiger charge is -2.21. The smallest absolute Gasteiger partial charge is 0.303 e. The van der Waals surface area contributed by atoms with Gasteiger partial charge in [-0.1, -0.05) is 56.2 Å². The molecule has 1 saturated carbocycles. The molecule has 1 fully saturated rings. The van der Waals surface area contributed by atoms with Gasteiger partial charge in [-0.05, 0) is 31.3 Å². The number of carboxylic acid groups (broad SMARTS) is 1. The maximum absolute atomic E-state index is 12.3. The number of allylic oxidation sites excluding steroid dienone is 1. The van der Waals surface area contributed by atoms with E-state index in [4.69, 9.17) is 4.74 Å². The summed E-state index contributed by atoms with van der Waals surface area (Å²) < 4.78 is 5.87. The van der Waals surface area contributed by atoms with Crippen molar-refractivity contribution >= 4 is 17.5 Å². The molecular weight excluding hydrogens is 356 g/mol. The SMILES string of the molecule is CCCCCC(=O)/C=C/C1C(OCC(=O)c2ccccc2)CC[C@@H]1CC(=O)O. The van der Waals surface area contributed by atoms with E-state index < -0.39 is 5.97 Å². The molecule has 0 aromatic heterocycles. The quantitative estimate of drug-likeness (QED) is 0.326. The molecule has 0 heterocycles. The molecule has 3 atom stereocenters. The second kappa shape index (κ2) is 11.5. The average molecular weight is 386 g/mol. The maximum Gasteiger partial charge on any atom is 0.303 e. The summed E-state index contributed by atoms with van der Waals surface area (Å²) in [6.07, 6.45) is 8.08. The number of hydrogen-bond acceptors (Lipinski definition) is 4. The molecule has 0 bridgehead atoms. The van der Waals surface area contributed by atoms with Gasteiger partial charge in [0, 0.05) is 24.3 Å². The van der Waals surface area contributed by atoms with Gasteiger partial charge in [-0.25, -0.2) is 0 Å². The molecule has 0 amide bonds. The fraction of sp³-hybridized carbons (Fsp3) is 0.522. The van der Waals surface area contributed by atoms with Crippen LogP contribution in [0.15, 0.2) is 42.5 Å². The topological polar surface area (TPSA) is 80.7 Å². The second-order valence-corrected chi connectivity index (χ2v) is 7.43. The van der Waals surface area contributed by atoms with Crippen LogP contribution in [-0.4, -0.2) is 35.4 Å². The summed E-state index contributed by atoms with van der Waals surface area (Å²) in [6, 6.07) is 8.96. The van der Waals surface area contributed by atoms with Gasteiger partial charge in [0.15, 0.2) is 11.6 Å². The van der Waals surface area contributed by atoms with Gasteiger partial charge in [0.25, 0.3) is 0 Å². The summed E-state index contributed by atoms with van der Waals surface area (Å²) in [4.78, 5) is 35.5. The van der Waals surface area contributed by atoms with Crippen LogP contribution in [0.5, 0.6) is 0 Å². The normalized spacial score (nSPS) is 21.8. The summed E-state index contributed by atoms with van der Waals surface area (Å²) in [5, 5.41) is 9.18. The molecule has 0 saturated heterocycles. The number of unbranched alkanes of at least 4 members (excludes halogenated alkanes) is 2. The van der Waals surface area contributed by atoms with Crippen molar-refractivity contribution in [2.75, 3.05) is 6.61 Å². The third kappa shape index (κ3) is 7.04. The molecule has 1 aromatic carbocycles. The third-order valence-electron chi connectivity index (χ3n) is 5.29. The highest BCUT2D eigenvalue weighted by Gasteiger charge is 2.36. The predicted molar refractivity (Wildman–Crippen MR) is 107 cm³/mol. The summed E-state index contributed by atoms with van der Waals surface area (Å²) >= 11 is 0. The van der Waals surface area contributed by atoms with Crippen LogP contribution in [-0.2, 0) is 14.3 Å². The van der Waals surface area contributed by atoms with Crippen molar-refractivity contribution < 1.29 is 24.2 Å². The third-order valence-corrected chi connectivity index (χ3v) is 5.29. The van der Waals surface area contributed by atoms with Crippen molar-refractivity contribution in [3.8, 4) is 0 Å². The fourth-order valence-corrected chi connectivity index (χ4v) is 3.75. The minimum atomic E-state index is -0.848. The zero-order chi connectivity index (χ0) is 20.4. The van der Waals surface area contributed by atoms with Gasteiger partial charge in [0.1, 0.15) is 6.61 Å². The Hall–Kier alpha value is -2.27. The Labute approximate surface area is 166 Å². The second-order valence-electron chi connectivity index (χ2n) is 7.43. The van der Waals surface area contributed by atoms with Crippen molar-refractivity contribution in [2.24, 2.45) is 11.8 Å². The van der Waals surface area contributed by atoms with Gasteiger partial charge in [-0.2, -0.15) is 0 Å². The number of benzene rings is 1. The minimum absolute atomic E-state index is 0.0384. The van der Waals surface area contributed by atoms with E-state index in [1.165, 1.54) is 0 Å². The number of hydrogen-bond donors (Lipinski definition) is 1. The van der Waals surface area contributed by atoms with Crippen LogP contribution >= 0.6 is 0 Å². The molecule has 2 unspecified atom stereocenters. The Bertz CT molecular complexity index is 679. The molecule has 0 aliphatic heterocycles. The number of carboxylic acids is 1. The first-order valence-corrected chi connectivity index (χ1v) is 10.1. The number of ether oxygens (including phenoxy) is 1. The molecule has 1 aromatic rings. The Morgan fingerprint density at radius 3 is 2.57 bits per heavy atom. The molecule has 0 spiro atoms. The van der Waals surface area contributed by atoms with Crippen LogP contribution in [0.3, 0.4) is 0 Å². The lowest BCUT2D eigenvalue weighted by Crippen LogP contribution is -2.25. The first-order chi connectivity index (χ1) is 13.5. The van der Waals surface area contributed by atoms with E-state index >= 15 is 0 Å². The molecule has 5 heteroatoms. The Morgan fingerprint density at radius 1 is 1.14 bits per heavy atom. The standard InChI is InChI=1S/C23H30O5/c1-2-3-5-10-19(24)12-13-20-18(15-23(26)27)11-14-22(20)28-16-21(25)17-8-6-4-7-9-17/h4,6-9,12-13,18,20,22H,2-3,5,10-11,14-16H2,1H3,(H,26,27)/b13-12+/t18-,20?,22?/m1/s1. The molecule has 1 aliphatic carbocycles. The van der Waals surface area contributed by atoms with Gasteiger partial charge < -0.3 is 9.84 Å². The molecule has 0 radical (unpaired) electrons. The summed E-state index contributed by atoms with van der Waals surface area (Å²) in [7, 11) is 0. The van der Waals surface area contributed by atoms with E-state index in [0.717, 1.165) is 25.7 Å². The van der Waals surface area contributed by atoms with E-state index in [1.54, 1.807) is 30.3 Å². The van der Waals surface area contributed by atoms with E-state index in [9.17, 15) is 19.5 Å². The van der Waals surface area contributed by atoms with Crippen LogP contribution in [0, 0.1) is 11.8 Å². The number of aliphatic carboxylic acids is 1. The Kier molecular flexibility index (Phi) is 9.08. The Morgan fingerprint density at radius 2 is 1.89 bits per heavy atom. The fourth-order valence-electron chi connectivity index (χ4n) is 3.75. The molecule has 5 nitrogen and oxygen atoms in total. The van der Waals surface area contributed by atoms with Crippen LogP contribution in [0.4, 0.5) is 0 Å². The van der Waals surface area contributed by atoms with E-state index in [1.807, 2.05) is 12.1 Å². The van der Waals surface area contributed by atoms with Crippen molar-refractivity contribution in [1.29, 1.82) is 0 Å². The highest BCUT2D eigenvalue weighted by Crippen LogP contribution is 2.37. The summed E-state index contributed by atoms with van der Waals surface area (Å²) in [5.74, 6) is -1.11. The molecule has 1 N–H and O–H groups in total. The van der Waals surface area contributed by atoms with Gasteiger partial charge in [0.05, 0.1) is 6.10 Å². The maximum atomic E-state index is 12.3. The highest BCUT2D eigenvalue weighted by atomic mass is 16.5. The highest BCUT2D eigenvalue weighted by molar-refractivity contribution is 5.97. The first-order valence-electron chi connectivity index (χ1n) is 10.1. The van der Waals surface area contributed by atoms with Gasteiger partial charge >= 0.3 is 5.97 Å². The number of rotatable bonds is 12. The number of Topliss-reactive ketones (excluding diaryl/α,β-unsaturated/α-hetero) is 1. The van der Waals surface area contributed by atoms with Crippen molar-refractivity contribution in [2.45, 2.75) is 58.0 Å². The summed E-state index contributed by atoms with van der Waals surface area (Å²) in [5.41, 5.74) is 0.598. The van der Waals surface area contributed by atoms with Crippen LogP contribution in [0.1, 0.15) is 62.2 Å². The van der Waals surface area contributed by atoms with E-state index in [-0.39, 0.29) is 42.5 Å². The molecule has 152 valence electrons. The van der Waals surface area contributed by atoms with E-state index in [0.29, 0.717) is 18.4 Å². The number of carbonyl (C=O) groups excluding carboxylic acids is 2. The van der Waals surface area contributed by atoms with Gasteiger partial charge in [-0.15, -0.1) is 0 Å². The summed E-state index contributed by atoms with van der Waals surface area (Å²) in [6.45, 7) is 2.05. The number of ketones is 2. The average Bonchev–Trinajstić information content (AvgIpc) is 3.06. The van der Waals surface area contributed by atoms with Crippen LogP contribution in [0.2, 0.25) is 0 Å². The van der Waals surface area contributed by atoms with Crippen molar-refractivity contribution in [1.82, 2.24) is 0 Å². The monoisotopic (exact) mass is 386 g/mol. The molecule has 28 heavy (non-hydrogen) atoms. The van der Waals surface area contributed by atoms with E-state index in [2.05, 4.69) is 6.92 Å². The molecular formula is C23H30O5. The predicted octanol–water partition coefficient (Wildman–Crippen LogP) is 4.46.